The maximum atomic E-state index is 11.9. The van der Waals surface area contributed by atoms with Crippen molar-refractivity contribution < 1.29 is 13.2 Å². The molecule has 1 aromatic rings. The molecule has 0 saturated carbocycles. The highest BCUT2D eigenvalue weighted by Gasteiger charge is 2.40. The third-order valence-electron chi connectivity index (χ3n) is 3.92. The van der Waals surface area contributed by atoms with Gasteiger partial charge in [0.25, 0.3) is 0 Å². The Morgan fingerprint density at radius 2 is 2.10 bits per heavy atom. The van der Waals surface area contributed by atoms with Crippen LogP contribution in [0.25, 0.3) is 0 Å². The molecule has 1 aliphatic rings. The lowest BCUT2D eigenvalue weighted by atomic mass is 9.89. The van der Waals surface area contributed by atoms with Gasteiger partial charge in [0.15, 0.2) is 0 Å². The number of primary sulfonamides is 1. The number of carbonyl (C=O) groups is 1. The molecule has 7 nitrogen and oxygen atoms in total. The fraction of sp³-hybridized carbons (Fsp3) is 0.462. The van der Waals surface area contributed by atoms with Crippen molar-refractivity contribution in [3.8, 4) is 0 Å². The van der Waals surface area contributed by atoms with E-state index in [4.69, 9.17) is 10.9 Å². The molecule has 21 heavy (non-hydrogen) atoms. The molecule has 0 aliphatic carbocycles. The maximum absolute atomic E-state index is 11.9. The zero-order chi connectivity index (χ0) is 15.8. The summed E-state index contributed by atoms with van der Waals surface area (Å²) in [6.45, 7) is 2.98. The molecule has 0 aromatic heterocycles. The van der Waals surface area contributed by atoms with Crippen molar-refractivity contribution >= 4 is 27.3 Å². The van der Waals surface area contributed by atoms with Gasteiger partial charge in [-0.25, -0.2) is 13.6 Å². The number of hydrogen-bond acceptors (Lipinski definition) is 5. The predicted molar refractivity (Wildman–Crippen MR) is 81.2 cm³/mol. The summed E-state index contributed by atoms with van der Waals surface area (Å²) in [6.07, 6.45) is 0.672. The summed E-state index contributed by atoms with van der Waals surface area (Å²) in [6, 6.07) is 4.35. The first-order valence-electron chi connectivity index (χ1n) is 6.57. The maximum Gasteiger partial charge on any atom is 0.238 e. The van der Waals surface area contributed by atoms with Gasteiger partial charge in [-0.1, -0.05) is 0 Å². The lowest BCUT2D eigenvalue weighted by Crippen LogP contribution is -2.39. The molecule has 5 N–H and O–H groups in total. The van der Waals surface area contributed by atoms with Gasteiger partial charge in [-0.05, 0) is 31.5 Å². The molecular formula is C13H20N4O3S. The molecular weight excluding hydrogens is 292 g/mol. The number of benzene rings is 1. The van der Waals surface area contributed by atoms with E-state index in [9.17, 15) is 13.2 Å². The SMILES string of the molecule is CNC(=O)C1(C)CCN(c2cc(S(N)(=O)=O)ccc2N)C1. The van der Waals surface area contributed by atoms with Crippen molar-refractivity contribution in [3.63, 3.8) is 0 Å². The van der Waals surface area contributed by atoms with Gasteiger partial charge in [0, 0.05) is 20.1 Å². The average Bonchev–Trinajstić information content (AvgIpc) is 2.80. The van der Waals surface area contributed by atoms with E-state index in [2.05, 4.69) is 5.32 Å². The second-order valence-corrected chi connectivity index (χ2v) is 7.14. The highest BCUT2D eigenvalue weighted by Crippen LogP contribution is 2.36. The smallest absolute Gasteiger partial charge is 0.238 e. The van der Waals surface area contributed by atoms with Gasteiger partial charge in [0.05, 0.1) is 21.7 Å². The number of carbonyl (C=O) groups excluding carboxylic acids is 1. The van der Waals surface area contributed by atoms with E-state index in [0.717, 1.165) is 0 Å². The largest absolute Gasteiger partial charge is 0.397 e. The Balaban J connectivity index is 2.34. The van der Waals surface area contributed by atoms with Crippen molar-refractivity contribution in [3.05, 3.63) is 18.2 Å². The van der Waals surface area contributed by atoms with Gasteiger partial charge < -0.3 is 16.0 Å². The van der Waals surface area contributed by atoms with Crippen LogP contribution in [0.3, 0.4) is 0 Å². The molecule has 1 unspecified atom stereocenters. The summed E-state index contributed by atoms with van der Waals surface area (Å²) in [5.74, 6) is -0.0360. The quantitative estimate of drug-likeness (QED) is 0.672. The number of anilines is 2. The highest BCUT2D eigenvalue weighted by molar-refractivity contribution is 7.89. The molecule has 1 aromatic carbocycles. The number of amides is 1. The van der Waals surface area contributed by atoms with E-state index in [1.807, 2.05) is 11.8 Å². The molecule has 0 bridgehead atoms. The summed E-state index contributed by atoms with van der Waals surface area (Å²) in [5, 5.41) is 7.80. The lowest BCUT2D eigenvalue weighted by molar-refractivity contribution is -0.128. The lowest BCUT2D eigenvalue weighted by Gasteiger charge is -2.25. The van der Waals surface area contributed by atoms with Crippen molar-refractivity contribution in [1.82, 2.24) is 5.32 Å². The van der Waals surface area contributed by atoms with Crippen LogP contribution in [0, 0.1) is 5.41 Å². The predicted octanol–water partition coefficient (Wildman–Crippen LogP) is -0.121. The Morgan fingerprint density at radius 3 is 2.67 bits per heavy atom. The second-order valence-electron chi connectivity index (χ2n) is 5.58. The summed E-state index contributed by atoms with van der Waals surface area (Å²) in [7, 11) is -2.18. The van der Waals surface area contributed by atoms with E-state index >= 15 is 0 Å². The van der Waals surface area contributed by atoms with Crippen molar-refractivity contribution in [2.24, 2.45) is 10.6 Å². The number of rotatable bonds is 3. The molecule has 1 fully saturated rings. The molecule has 8 heteroatoms. The third kappa shape index (κ3) is 2.96. The van der Waals surface area contributed by atoms with Crippen molar-refractivity contribution in [2.75, 3.05) is 30.8 Å². The summed E-state index contributed by atoms with van der Waals surface area (Å²) >= 11 is 0. The van der Waals surface area contributed by atoms with Crippen LogP contribution < -0.4 is 21.1 Å². The summed E-state index contributed by atoms with van der Waals surface area (Å²) < 4.78 is 22.9. The van der Waals surface area contributed by atoms with E-state index in [0.29, 0.717) is 30.9 Å². The molecule has 1 amide bonds. The fourth-order valence-corrected chi connectivity index (χ4v) is 3.16. The van der Waals surface area contributed by atoms with E-state index in [1.165, 1.54) is 18.2 Å². The van der Waals surface area contributed by atoms with Crippen LogP contribution in [0.15, 0.2) is 23.1 Å². The molecule has 0 spiro atoms. The first-order chi connectivity index (χ1) is 9.67. The molecule has 1 aliphatic heterocycles. The topological polar surface area (TPSA) is 119 Å². The van der Waals surface area contributed by atoms with Crippen LogP contribution in [0.1, 0.15) is 13.3 Å². The molecule has 1 heterocycles. The summed E-state index contributed by atoms with van der Waals surface area (Å²) in [5.41, 5.74) is 6.47. The normalized spacial score (nSPS) is 22.3. The van der Waals surface area contributed by atoms with Crippen LogP contribution in [-0.4, -0.2) is 34.5 Å². The van der Waals surface area contributed by atoms with Crippen LogP contribution in [0.5, 0.6) is 0 Å². The van der Waals surface area contributed by atoms with E-state index in [-0.39, 0.29) is 10.8 Å². The Kier molecular flexibility index (Phi) is 3.85. The Bertz CT molecular complexity index is 674. The van der Waals surface area contributed by atoms with Gasteiger partial charge in [-0.15, -0.1) is 0 Å². The van der Waals surface area contributed by atoms with Crippen LogP contribution in [0.2, 0.25) is 0 Å². The molecule has 2 rings (SSSR count). The minimum Gasteiger partial charge on any atom is -0.397 e. The number of nitrogens with two attached hydrogens (primary N) is 2. The number of sulfonamides is 1. The van der Waals surface area contributed by atoms with Crippen LogP contribution in [0.4, 0.5) is 11.4 Å². The fourth-order valence-electron chi connectivity index (χ4n) is 2.63. The average molecular weight is 312 g/mol. The number of nitrogen functional groups attached to an aromatic ring is 1. The molecule has 1 atom stereocenters. The van der Waals surface area contributed by atoms with Gasteiger partial charge in [0.2, 0.25) is 15.9 Å². The first-order valence-corrected chi connectivity index (χ1v) is 8.11. The van der Waals surface area contributed by atoms with Gasteiger partial charge in [-0.3, -0.25) is 4.79 Å². The monoisotopic (exact) mass is 312 g/mol. The highest BCUT2D eigenvalue weighted by atomic mass is 32.2. The Labute approximate surface area is 124 Å². The zero-order valence-electron chi connectivity index (χ0n) is 12.1. The van der Waals surface area contributed by atoms with Gasteiger partial charge >= 0.3 is 0 Å². The minimum absolute atomic E-state index is 0.0141. The van der Waals surface area contributed by atoms with Gasteiger partial charge in [0.1, 0.15) is 0 Å². The number of nitrogens with one attached hydrogen (secondary N) is 1. The van der Waals surface area contributed by atoms with Crippen molar-refractivity contribution in [2.45, 2.75) is 18.2 Å². The third-order valence-corrected chi connectivity index (χ3v) is 4.83. The van der Waals surface area contributed by atoms with E-state index in [1.54, 1.807) is 7.05 Å². The Morgan fingerprint density at radius 1 is 1.43 bits per heavy atom. The van der Waals surface area contributed by atoms with Crippen LogP contribution >= 0.6 is 0 Å². The minimum atomic E-state index is -3.78. The van der Waals surface area contributed by atoms with Crippen LogP contribution in [-0.2, 0) is 14.8 Å². The Hall–Kier alpha value is -1.80. The zero-order valence-corrected chi connectivity index (χ0v) is 12.9. The van der Waals surface area contributed by atoms with Crippen molar-refractivity contribution in [1.29, 1.82) is 0 Å². The molecule has 0 radical (unpaired) electrons. The first kappa shape index (κ1) is 15.6. The second kappa shape index (κ2) is 5.19. The summed E-state index contributed by atoms with van der Waals surface area (Å²) in [4.78, 5) is 13.9. The molecule has 1 saturated heterocycles. The molecule has 116 valence electrons. The number of hydrogen-bond donors (Lipinski definition) is 3. The standard InChI is InChI=1S/C13H20N4O3S/c1-13(12(18)16-2)5-6-17(8-13)11-7-9(21(15,19)20)3-4-10(11)14/h3-4,7H,5-6,8,14H2,1-2H3,(H,16,18)(H2,15,19,20). The van der Waals surface area contributed by atoms with Gasteiger partial charge in [-0.2, -0.15) is 0 Å². The number of nitrogens with zero attached hydrogens (tertiary/aromatic N) is 1. The van der Waals surface area contributed by atoms with E-state index < -0.39 is 15.4 Å².